The topological polar surface area (TPSA) is 61.0 Å². The van der Waals surface area contributed by atoms with E-state index in [4.69, 9.17) is 0 Å². The summed E-state index contributed by atoms with van der Waals surface area (Å²) in [4.78, 5) is 20.8. The maximum absolute atomic E-state index is 11.6. The average molecular weight is 234 g/mol. The number of aromatic amines is 1. The van der Waals surface area contributed by atoms with Crippen LogP contribution in [0.1, 0.15) is 30.5 Å². The fourth-order valence-corrected chi connectivity index (χ4v) is 2.60. The number of nitrogens with one attached hydrogen (secondary N) is 2. The van der Waals surface area contributed by atoms with Gasteiger partial charge in [-0.05, 0) is 19.3 Å². The van der Waals surface area contributed by atoms with Gasteiger partial charge in [-0.2, -0.15) is 4.98 Å². The molecule has 1 fully saturated rings. The third kappa shape index (κ3) is 1.84. The van der Waals surface area contributed by atoms with Crippen LogP contribution in [-0.4, -0.2) is 29.6 Å². The van der Waals surface area contributed by atoms with Gasteiger partial charge in [-0.3, -0.25) is 0 Å². The largest absolute Gasteiger partial charge is 0.356 e. The molecule has 5 heteroatoms. The third-order valence-electron chi connectivity index (χ3n) is 3.91. The lowest BCUT2D eigenvalue weighted by molar-refractivity contribution is 0.397. The molecule has 1 aromatic heterocycles. The van der Waals surface area contributed by atoms with Crippen molar-refractivity contribution in [3.63, 3.8) is 0 Å². The molecular formula is C12H18N4O. The first-order chi connectivity index (χ1) is 8.25. The molecular weight excluding hydrogens is 216 g/mol. The lowest BCUT2D eigenvalue weighted by atomic mass is 9.91. The molecule has 1 aromatic rings. The molecule has 0 atom stereocenters. The molecule has 17 heavy (non-hydrogen) atoms. The van der Waals surface area contributed by atoms with Crippen LogP contribution in [0.4, 0.5) is 5.82 Å². The van der Waals surface area contributed by atoms with Gasteiger partial charge in [0.25, 0.3) is 0 Å². The van der Waals surface area contributed by atoms with Gasteiger partial charge in [0.05, 0.1) is 0 Å². The van der Waals surface area contributed by atoms with Crippen LogP contribution in [0.15, 0.2) is 4.79 Å². The monoisotopic (exact) mass is 234 g/mol. The second-order valence-electron chi connectivity index (χ2n) is 4.95. The summed E-state index contributed by atoms with van der Waals surface area (Å²) < 4.78 is 0. The summed E-state index contributed by atoms with van der Waals surface area (Å²) in [6, 6.07) is 0.565. The Labute approximate surface area is 100 Å². The Hall–Kier alpha value is -1.36. The van der Waals surface area contributed by atoms with Crippen molar-refractivity contribution in [2.24, 2.45) is 0 Å². The molecule has 0 saturated heterocycles. The van der Waals surface area contributed by atoms with E-state index in [1.165, 1.54) is 24.8 Å². The maximum Gasteiger partial charge on any atom is 0.347 e. The molecule has 2 N–H and O–H groups in total. The molecule has 0 radical (unpaired) electrons. The molecule has 3 rings (SSSR count). The van der Waals surface area contributed by atoms with E-state index in [1.54, 1.807) is 0 Å². The summed E-state index contributed by atoms with van der Waals surface area (Å²) in [5.41, 5.74) is 2.02. The Balaban J connectivity index is 2.01. The quantitative estimate of drug-likeness (QED) is 0.778. The predicted molar refractivity (Wildman–Crippen MR) is 66.3 cm³/mol. The van der Waals surface area contributed by atoms with Crippen LogP contribution in [0, 0.1) is 0 Å². The number of nitrogens with zero attached hydrogens (tertiary/aromatic N) is 2. The molecule has 1 aliphatic heterocycles. The predicted octanol–water partition coefficient (Wildman–Crippen LogP) is 0.404. The summed E-state index contributed by atoms with van der Waals surface area (Å²) in [5, 5.41) is 3.34. The van der Waals surface area contributed by atoms with Crippen LogP contribution in [0.3, 0.4) is 0 Å². The zero-order valence-corrected chi connectivity index (χ0v) is 10.1. The van der Waals surface area contributed by atoms with Crippen LogP contribution in [0.2, 0.25) is 0 Å². The first-order valence-corrected chi connectivity index (χ1v) is 6.31. The fourth-order valence-electron chi connectivity index (χ4n) is 2.60. The Kier molecular flexibility index (Phi) is 2.63. The van der Waals surface area contributed by atoms with Gasteiger partial charge in [0.15, 0.2) is 0 Å². The second-order valence-corrected chi connectivity index (χ2v) is 4.95. The Morgan fingerprint density at radius 1 is 1.41 bits per heavy atom. The van der Waals surface area contributed by atoms with Crippen LogP contribution in [-0.2, 0) is 13.0 Å². The second kappa shape index (κ2) is 4.14. The number of hydrogen-bond acceptors (Lipinski definition) is 4. The number of aromatic nitrogens is 2. The highest BCUT2D eigenvalue weighted by Crippen LogP contribution is 2.29. The van der Waals surface area contributed by atoms with Crippen LogP contribution < -0.4 is 15.9 Å². The number of rotatable bonds is 2. The van der Waals surface area contributed by atoms with Crippen LogP contribution in [0.5, 0.6) is 0 Å². The van der Waals surface area contributed by atoms with Crippen molar-refractivity contribution in [3.05, 3.63) is 21.7 Å². The summed E-state index contributed by atoms with van der Waals surface area (Å²) in [7, 11) is 2.06. The lowest BCUT2D eigenvalue weighted by Gasteiger charge is -2.37. The zero-order chi connectivity index (χ0) is 11.8. The first kappa shape index (κ1) is 10.8. The minimum Gasteiger partial charge on any atom is -0.356 e. The molecule has 2 heterocycles. The lowest BCUT2D eigenvalue weighted by Crippen LogP contribution is -2.41. The molecule has 2 aliphatic rings. The maximum atomic E-state index is 11.6. The number of hydrogen-bond donors (Lipinski definition) is 2. The zero-order valence-electron chi connectivity index (χ0n) is 10.1. The van der Waals surface area contributed by atoms with Crippen molar-refractivity contribution in [2.75, 3.05) is 18.5 Å². The summed E-state index contributed by atoms with van der Waals surface area (Å²) in [6.45, 7) is 1.74. The van der Waals surface area contributed by atoms with Crippen molar-refractivity contribution in [2.45, 2.75) is 38.3 Å². The normalized spacial score (nSPS) is 19.6. The summed E-state index contributed by atoms with van der Waals surface area (Å²) in [6.07, 6.45) is 4.61. The molecule has 5 nitrogen and oxygen atoms in total. The first-order valence-electron chi connectivity index (χ1n) is 6.31. The van der Waals surface area contributed by atoms with Crippen LogP contribution >= 0.6 is 0 Å². The number of anilines is 1. The molecule has 0 aromatic carbocycles. The average Bonchev–Trinajstić information content (AvgIpc) is 2.25. The van der Waals surface area contributed by atoms with E-state index in [9.17, 15) is 4.79 Å². The standard InChI is InChI=1S/C12H18N4O/c1-16(8-3-2-4-8)11-9-7-13-6-5-10(9)14-12(17)15-11/h8,13H,2-7H2,1H3,(H,14,15,17). The Morgan fingerprint density at radius 2 is 2.24 bits per heavy atom. The molecule has 92 valence electrons. The van der Waals surface area contributed by atoms with Gasteiger partial charge in [-0.15, -0.1) is 0 Å². The highest BCUT2D eigenvalue weighted by atomic mass is 16.1. The summed E-state index contributed by atoms with van der Waals surface area (Å²) >= 11 is 0. The highest BCUT2D eigenvalue weighted by molar-refractivity contribution is 5.50. The van der Waals surface area contributed by atoms with Gasteiger partial charge < -0.3 is 15.2 Å². The minimum absolute atomic E-state index is 0.216. The van der Waals surface area contributed by atoms with Crippen molar-refractivity contribution >= 4 is 5.82 Å². The Bertz CT molecular complexity index is 478. The summed E-state index contributed by atoms with van der Waals surface area (Å²) in [5.74, 6) is 0.876. The highest BCUT2D eigenvalue weighted by Gasteiger charge is 2.26. The van der Waals surface area contributed by atoms with Gasteiger partial charge in [0.2, 0.25) is 0 Å². The molecule has 1 saturated carbocycles. The van der Waals surface area contributed by atoms with Gasteiger partial charge in [0.1, 0.15) is 5.82 Å². The minimum atomic E-state index is -0.216. The molecule has 0 bridgehead atoms. The SMILES string of the molecule is CN(c1nc(=O)[nH]c2c1CNCC2)C1CCC1. The fraction of sp³-hybridized carbons (Fsp3) is 0.667. The number of fused-ring (bicyclic) bond motifs is 1. The van der Waals surface area contributed by atoms with Crippen molar-refractivity contribution in [1.29, 1.82) is 0 Å². The third-order valence-corrected chi connectivity index (χ3v) is 3.91. The molecule has 0 spiro atoms. The molecule has 1 aliphatic carbocycles. The number of H-pyrrole nitrogens is 1. The molecule has 0 unspecified atom stereocenters. The van der Waals surface area contributed by atoms with Crippen LogP contribution in [0.25, 0.3) is 0 Å². The van der Waals surface area contributed by atoms with Crippen molar-refractivity contribution < 1.29 is 0 Å². The van der Waals surface area contributed by atoms with Gasteiger partial charge in [-0.25, -0.2) is 4.79 Å². The van der Waals surface area contributed by atoms with E-state index in [1.807, 2.05) is 0 Å². The van der Waals surface area contributed by atoms with E-state index in [0.717, 1.165) is 31.0 Å². The van der Waals surface area contributed by atoms with Crippen molar-refractivity contribution in [1.82, 2.24) is 15.3 Å². The van der Waals surface area contributed by atoms with Gasteiger partial charge >= 0.3 is 5.69 Å². The van der Waals surface area contributed by atoms with E-state index in [0.29, 0.717) is 6.04 Å². The smallest absolute Gasteiger partial charge is 0.347 e. The molecule has 0 amide bonds. The Morgan fingerprint density at radius 3 is 2.94 bits per heavy atom. The van der Waals surface area contributed by atoms with Gasteiger partial charge in [0, 0.05) is 43.9 Å². The van der Waals surface area contributed by atoms with E-state index >= 15 is 0 Å². The van der Waals surface area contributed by atoms with E-state index < -0.39 is 0 Å². The van der Waals surface area contributed by atoms with E-state index in [-0.39, 0.29) is 5.69 Å². The van der Waals surface area contributed by atoms with E-state index in [2.05, 4.69) is 27.2 Å². The van der Waals surface area contributed by atoms with Crippen molar-refractivity contribution in [3.8, 4) is 0 Å². The van der Waals surface area contributed by atoms with Gasteiger partial charge in [-0.1, -0.05) is 0 Å².